The lowest BCUT2D eigenvalue weighted by molar-refractivity contribution is -0.142. The van der Waals surface area contributed by atoms with E-state index in [0.717, 1.165) is 16.0 Å². The maximum absolute atomic E-state index is 12.4. The fourth-order valence-electron chi connectivity index (χ4n) is 2.43. The van der Waals surface area contributed by atoms with Crippen LogP contribution in [-0.4, -0.2) is 34.5 Å². The van der Waals surface area contributed by atoms with Gasteiger partial charge in [-0.1, -0.05) is 29.3 Å². The van der Waals surface area contributed by atoms with Gasteiger partial charge in [-0.3, -0.25) is 14.5 Å². The largest absolute Gasteiger partial charge is 0.480 e. The number of carbonyl (C=O) groups is 3. The van der Waals surface area contributed by atoms with Gasteiger partial charge in [0.15, 0.2) is 0 Å². The Bertz CT molecular complexity index is 591. The first-order chi connectivity index (χ1) is 9.24. The average Bonchev–Trinajstić information content (AvgIpc) is 2.52. The van der Waals surface area contributed by atoms with Crippen LogP contribution in [-0.2, 0) is 15.1 Å². The van der Waals surface area contributed by atoms with E-state index in [9.17, 15) is 14.4 Å². The molecule has 1 aliphatic rings. The van der Waals surface area contributed by atoms with E-state index in [1.165, 1.54) is 0 Å². The van der Waals surface area contributed by atoms with Gasteiger partial charge in [0.25, 0.3) is 5.91 Å². The molecular formula is C14H16N2O4. The number of urea groups is 1. The maximum atomic E-state index is 12.4. The minimum Gasteiger partial charge on any atom is -0.480 e. The summed E-state index contributed by atoms with van der Waals surface area (Å²) in [5, 5.41) is 11.3. The van der Waals surface area contributed by atoms with Crippen molar-refractivity contribution in [3.63, 3.8) is 0 Å². The Morgan fingerprint density at radius 1 is 1.25 bits per heavy atom. The molecule has 20 heavy (non-hydrogen) atoms. The summed E-state index contributed by atoms with van der Waals surface area (Å²) >= 11 is 0. The third-order valence-corrected chi connectivity index (χ3v) is 3.37. The molecular weight excluding hydrogens is 260 g/mol. The SMILES string of the molecule is Cc1cc(C)cc(C2(C)NC(=O)N(CC(=O)O)C2=O)c1. The van der Waals surface area contributed by atoms with E-state index in [4.69, 9.17) is 5.11 Å². The highest BCUT2D eigenvalue weighted by atomic mass is 16.4. The molecule has 0 radical (unpaired) electrons. The Hall–Kier alpha value is -2.37. The topological polar surface area (TPSA) is 86.7 Å². The monoisotopic (exact) mass is 276 g/mol. The van der Waals surface area contributed by atoms with Gasteiger partial charge < -0.3 is 10.4 Å². The third kappa shape index (κ3) is 2.24. The number of carbonyl (C=O) groups excluding carboxylic acids is 2. The van der Waals surface area contributed by atoms with Crippen LogP contribution < -0.4 is 5.32 Å². The smallest absolute Gasteiger partial charge is 0.325 e. The van der Waals surface area contributed by atoms with Crippen LogP contribution in [0.25, 0.3) is 0 Å². The van der Waals surface area contributed by atoms with Crippen LogP contribution in [0, 0.1) is 13.8 Å². The summed E-state index contributed by atoms with van der Waals surface area (Å²) in [6.45, 7) is 4.75. The van der Waals surface area contributed by atoms with Crippen LogP contribution in [0.15, 0.2) is 18.2 Å². The van der Waals surface area contributed by atoms with Gasteiger partial charge in [0.1, 0.15) is 12.1 Å². The molecule has 1 saturated heterocycles. The van der Waals surface area contributed by atoms with Crippen molar-refractivity contribution in [1.82, 2.24) is 10.2 Å². The number of nitrogens with one attached hydrogen (secondary N) is 1. The molecule has 2 rings (SSSR count). The number of amides is 3. The molecule has 106 valence electrons. The standard InChI is InChI=1S/C14H16N2O4/c1-8-4-9(2)6-10(5-8)14(3)12(19)16(7-11(17)18)13(20)15-14/h4-6H,7H2,1-3H3,(H,15,20)(H,17,18). The minimum absolute atomic E-state index is 0.546. The fraction of sp³-hybridized carbons (Fsp3) is 0.357. The number of carboxylic acid groups (broad SMARTS) is 1. The molecule has 0 spiro atoms. The van der Waals surface area contributed by atoms with Crippen LogP contribution in [0.5, 0.6) is 0 Å². The number of hydrogen-bond acceptors (Lipinski definition) is 3. The van der Waals surface area contributed by atoms with Gasteiger partial charge in [-0.2, -0.15) is 0 Å². The summed E-state index contributed by atoms with van der Waals surface area (Å²) in [5.74, 6) is -1.77. The summed E-state index contributed by atoms with van der Waals surface area (Å²) in [5.41, 5.74) is 1.38. The van der Waals surface area contributed by atoms with Gasteiger partial charge >= 0.3 is 12.0 Å². The van der Waals surface area contributed by atoms with Gasteiger partial charge in [-0.25, -0.2) is 4.79 Å². The van der Waals surface area contributed by atoms with Crippen molar-refractivity contribution in [2.45, 2.75) is 26.3 Å². The van der Waals surface area contributed by atoms with E-state index in [0.29, 0.717) is 5.56 Å². The number of hydrogen-bond donors (Lipinski definition) is 2. The second-order valence-electron chi connectivity index (χ2n) is 5.22. The van der Waals surface area contributed by atoms with E-state index in [1.54, 1.807) is 6.92 Å². The number of nitrogens with zero attached hydrogens (tertiary/aromatic N) is 1. The summed E-state index contributed by atoms with van der Waals surface area (Å²) in [7, 11) is 0. The van der Waals surface area contributed by atoms with Gasteiger partial charge in [0.05, 0.1) is 0 Å². The molecule has 1 aromatic rings. The van der Waals surface area contributed by atoms with Crippen molar-refractivity contribution in [2.75, 3.05) is 6.54 Å². The van der Waals surface area contributed by atoms with E-state index in [1.807, 2.05) is 32.0 Å². The Morgan fingerprint density at radius 2 is 1.80 bits per heavy atom. The van der Waals surface area contributed by atoms with Crippen LogP contribution in [0.1, 0.15) is 23.6 Å². The van der Waals surface area contributed by atoms with Crippen molar-refractivity contribution in [3.8, 4) is 0 Å². The lowest BCUT2D eigenvalue weighted by atomic mass is 9.89. The molecule has 1 aromatic carbocycles. The zero-order chi connectivity index (χ0) is 15.1. The van der Waals surface area contributed by atoms with Crippen LogP contribution in [0.2, 0.25) is 0 Å². The summed E-state index contributed by atoms with van der Waals surface area (Å²) in [6, 6.07) is 4.91. The lowest BCUT2D eigenvalue weighted by Gasteiger charge is -2.23. The fourth-order valence-corrected chi connectivity index (χ4v) is 2.43. The molecule has 3 amide bonds. The highest BCUT2D eigenvalue weighted by Crippen LogP contribution is 2.29. The quantitative estimate of drug-likeness (QED) is 0.811. The average molecular weight is 276 g/mol. The Labute approximate surface area is 116 Å². The number of carboxylic acids is 1. The first kappa shape index (κ1) is 14.0. The molecule has 1 atom stereocenters. The molecule has 1 aliphatic heterocycles. The van der Waals surface area contributed by atoms with Gasteiger partial charge in [-0.05, 0) is 26.3 Å². The number of rotatable bonds is 3. The molecule has 0 bridgehead atoms. The third-order valence-electron chi connectivity index (χ3n) is 3.37. The van der Waals surface area contributed by atoms with Crippen molar-refractivity contribution in [3.05, 3.63) is 34.9 Å². The van der Waals surface area contributed by atoms with Crippen LogP contribution in [0.4, 0.5) is 4.79 Å². The predicted octanol–water partition coefficient (Wildman–Crippen LogP) is 1.16. The van der Waals surface area contributed by atoms with Gasteiger partial charge in [0.2, 0.25) is 0 Å². The van der Waals surface area contributed by atoms with Crippen LogP contribution in [0.3, 0.4) is 0 Å². The van der Waals surface area contributed by atoms with E-state index >= 15 is 0 Å². The number of benzene rings is 1. The summed E-state index contributed by atoms with van der Waals surface area (Å²) < 4.78 is 0. The molecule has 1 unspecified atom stereocenters. The molecule has 2 N–H and O–H groups in total. The lowest BCUT2D eigenvalue weighted by Crippen LogP contribution is -2.41. The van der Waals surface area contributed by atoms with Gasteiger partial charge in [0, 0.05) is 0 Å². The summed E-state index contributed by atoms with van der Waals surface area (Å²) in [6.07, 6.45) is 0. The second-order valence-corrected chi connectivity index (χ2v) is 5.22. The molecule has 1 heterocycles. The Morgan fingerprint density at radius 3 is 2.30 bits per heavy atom. The van der Waals surface area contributed by atoms with E-state index in [2.05, 4.69) is 5.32 Å². The first-order valence-electron chi connectivity index (χ1n) is 6.19. The van der Waals surface area contributed by atoms with E-state index < -0.39 is 30.0 Å². The van der Waals surface area contributed by atoms with Crippen molar-refractivity contribution in [2.24, 2.45) is 0 Å². The molecule has 0 aromatic heterocycles. The Balaban J connectivity index is 2.43. The van der Waals surface area contributed by atoms with Crippen molar-refractivity contribution < 1.29 is 19.5 Å². The normalized spacial score (nSPS) is 22.1. The van der Waals surface area contributed by atoms with Crippen molar-refractivity contribution in [1.29, 1.82) is 0 Å². The highest BCUT2D eigenvalue weighted by molar-refractivity contribution is 6.08. The molecule has 0 aliphatic carbocycles. The number of imide groups is 1. The molecule has 1 fully saturated rings. The molecule has 6 nitrogen and oxygen atoms in total. The molecule has 0 saturated carbocycles. The predicted molar refractivity (Wildman–Crippen MR) is 71.1 cm³/mol. The first-order valence-corrected chi connectivity index (χ1v) is 6.19. The number of aryl methyl sites for hydroxylation is 2. The van der Waals surface area contributed by atoms with E-state index in [-0.39, 0.29) is 0 Å². The Kier molecular flexibility index (Phi) is 3.25. The van der Waals surface area contributed by atoms with Crippen LogP contribution >= 0.6 is 0 Å². The number of aliphatic carboxylic acids is 1. The maximum Gasteiger partial charge on any atom is 0.325 e. The van der Waals surface area contributed by atoms with Gasteiger partial charge in [-0.15, -0.1) is 0 Å². The minimum atomic E-state index is -1.22. The summed E-state index contributed by atoms with van der Waals surface area (Å²) in [4.78, 5) is 35.6. The van der Waals surface area contributed by atoms with Crippen molar-refractivity contribution >= 4 is 17.9 Å². The highest BCUT2D eigenvalue weighted by Gasteiger charge is 2.49. The second kappa shape index (κ2) is 4.63. The zero-order valence-corrected chi connectivity index (χ0v) is 11.6. The zero-order valence-electron chi connectivity index (χ0n) is 11.6. The molecule has 6 heteroatoms.